The molecule has 0 aliphatic carbocycles. The summed E-state index contributed by atoms with van der Waals surface area (Å²) >= 11 is 0. The van der Waals surface area contributed by atoms with Crippen LogP contribution < -0.4 is 9.30 Å². The summed E-state index contributed by atoms with van der Waals surface area (Å²) in [6.07, 6.45) is 4.13. The zero-order valence-electron chi connectivity index (χ0n) is 16.7. The van der Waals surface area contributed by atoms with Gasteiger partial charge >= 0.3 is 0 Å². The van der Waals surface area contributed by atoms with E-state index in [4.69, 9.17) is 4.74 Å². The molecule has 138 valence electrons. The predicted molar refractivity (Wildman–Crippen MR) is 113 cm³/mol. The van der Waals surface area contributed by atoms with Gasteiger partial charge in [0.2, 0.25) is 0 Å². The van der Waals surface area contributed by atoms with Crippen LogP contribution in [0.5, 0.6) is 11.5 Å². The molecule has 3 nitrogen and oxygen atoms in total. The lowest BCUT2D eigenvalue weighted by Crippen LogP contribution is -2.32. The minimum atomic E-state index is 0.428. The van der Waals surface area contributed by atoms with Crippen molar-refractivity contribution < 1.29 is 9.30 Å². The van der Waals surface area contributed by atoms with Gasteiger partial charge in [-0.15, -0.1) is 0 Å². The van der Waals surface area contributed by atoms with Crippen LogP contribution in [0.2, 0.25) is 0 Å². The molecule has 4 aromatic rings. The molecule has 1 aliphatic heterocycles. The van der Waals surface area contributed by atoms with Crippen LogP contribution in [0.3, 0.4) is 0 Å². The highest BCUT2D eigenvalue weighted by molar-refractivity contribution is 6.04. The van der Waals surface area contributed by atoms with Crippen molar-refractivity contribution in [3.63, 3.8) is 0 Å². The van der Waals surface area contributed by atoms with Crippen molar-refractivity contribution in [3.05, 3.63) is 72.2 Å². The third-order valence-corrected chi connectivity index (χ3v) is 5.59. The molecule has 0 amide bonds. The van der Waals surface area contributed by atoms with Crippen molar-refractivity contribution in [1.29, 1.82) is 0 Å². The Kier molecular flexibility index (Phi) is 3.73. The van der Waals surface area contributed by atoms with Crippen LogP contribution in [0.15, 0.2) is 60.9 Å². The van der Waals surface area contributed by atoms with E-state index in [1.54, 1.807) is 0 Å². The Morgan fingerprint density at radius 2 is 1.82 bits per heavy atom. The summed E-state index contributed by atoms with van der Waals surface area (Å²) in [5.41, 5.74) is 6.96. The third-order valence-electron chi connectivity index (χ3n) is 5.59. The van der Waals surface area contributed by atoms with Crippen molar-refractivity contribution in [3.8, 4) is 33.9 Å². The SMILES string of the molecule is Cc1ccc2cccc3c2c1-c1c(cc(-c2ccc(C(C)C)nc2)c[n+]1C)O3. The Labute approximate surface area is 165 Å². The average molecular weight is 367 g/mol. The normalized spacial score (nSPS) is 12.2. The Balaban J connectivity index is 1.71. The summed E-state index contributed by atoms with van der Waals surface area (Å²) in [6, 6.07) is 17.0. The van der Waals surface area contributed by atoms with Crippen LogP contribution in [-0.2, 0) is 7.05 Å². The van der Waals surface area contributed by atoms with Crippen LogP contribution in [0, 0.1) is 6.92 Å². The number of pyridine rings is 2. The first-order chi connectivity index (χ1) is 13.5. The Morgan fingerprint density at radius 3 is 2.57 bits per heavy atom. The molecule has 3 heteroatoms. The van der Waals surface area contributed by atoms with E-state index in [2.05, 4.69) is 92.1 Å². The maximum atomic E-state index is 6.37. The quantitative estimate of drug-likeness (QED) is 0.361. The number of aromatic nitrogens is 2. The summed E-state index contributed by atoms with van der Waals surface area (Å²) in [5.74, 6) is 2.24. The Bertz CT molecular complexity index is 1220. The topological polar surface area (TPSA) is 26.0 Å². The van der Waals surface area contributed by atoms with Gasteiger partial charge in [-0.2, -0.15) is 4.57 Å². The third kappa shape index (κ3) is 2.50. The van der Waals surface area contributed by atoms with Crippen LogP contribution in [0.1, 0.15) is 31.0 Å². The van der Waals surface area contributed by atoms with E-state index in [0.29, 0.717) is 5.92 Å². The number of nitrogens with zero attached hydrogens (tertiary/aromatic N) is 2. The molecule has 2 aromatic heterocycles. The standard InChI is InChI=1S/C25H23N2O/c1-15(2)20-11-10-18(13-26-20)19-12-22-25(27(4)14-19)23-16(3)8-9-17-6-5-7-21(28-22)24(17)23/h5-15H,1-4H3/q+1. The van der Waals surface area contributed by atoms with Crippen LogP contribution in [-0.4, -0.2) is 4.98 Å². The Hall–Kier alpha value is -3.20. The van der Waals surface area contributed by atoms with E-state index in [1.165, 1.54) is 21.9 Å². The van der Waals surface area contributed by atoms with Gasteiger partial charge in [0.05, 0.1) is 11.1 Å². The van der Waals surface area contributed by atoms with Gasteiger partial charge in [0.25, 0.3) is 5.69 Å². The smallest absolute Gasteiger partial charge is 0.256 e. The first-order valence-corrected chi connectivity index (χ1v) is 9.73. The lowest BCUT2D eigenvalue weighted by molar-refractivity contribution is -0.660. The lowest BCUT2D eigenvalue weighted by Gasteiger charge is -2.21. The van der Waals surface area contributed by atoms with Crippen molar-refractivity contribution in [1.82, 2.24) is 4.98 Å². The lowest BCUT2D eigenvalue weighted by atomic mass is 9.93. The van der Waals surface area contributed by atoms with E-state index in [-0.39, 0.29) is 0 Å². The van der Waals surface area contributed by atoms with Crippen molar-refractivity contribution in [2.24, 2.45) is 7.05 Å². The second-order valence-corrected chi connectivity index (χ2v) is 7.89. The molecule has 0 N–H and O–H groups in total. The number of aryl methyl sites for hydroxylation is 2. The highest BCUT2D eigenvalue weighted by atomic mass is 16.5. The van der Waals surface area contributed by atoms with Gasteiger partial charge < -0.3 is 4.74 Å². The van der Waals surface area contributed by atoms with Crippen molar-refractivity contribution in [2.45, 2.75) is 26.7 Å². The Morgan fingerprint density at radius 1 is 0.964 bits per heavy atom. The fourth-order valence-electron chi connectivity index (χ4n) is 4.11. The maximum Gasteiger partial charge on any atom is 0.256 e. The van der Waals surface area contributed by atoms with E-state index in [0.717, 1.165) is 34.0 Å². The molecule has 0 spiro atoms. The monoisotopic (exact) mass is 367 g/mol. The first-order valence-electron chi connectivity index (χ1n) is 9.73. The molecule has 0 saturated carbocycles. The molecule has 0 saturated heterocycles. The number of benzene rings is 2. The van der Waals surface area contributed by atoms with Gasteiger partial charge in [-0.25, -0.2) is 0 Å². The highest BCUT2D eigenvalue weighted by Crippen LogP contribution is 2.46. The van der Waals surface area contributed by atoms with E-state index < -0.39 is 0 Å². The van der Waals surface area contributed by atoms with Crippen molar-refractivity contribution in [2.75, 3.05) is 0 Å². The molecule has 5 rings (SSSR count). The van der Waals surface area contributed by atoms with Gasteiger partial charge in [0.15, 0.2) is 11.9 Å². The van der Waals surface area contributed by atoms with E-state index in [9.17, 15) is 0 Å². The van der Waals surface area contributed by atoms with Crippen LogP contribution in [0.4, 0.5) is 0 Å². The second kappa shape index (κ2) is 6.16. The van der Waals surface area contributed by atoms with Gasteiger partial charge in [0.1, 0.15) is 12.8 Å². The zero-order chi connectivity index (χ0) is 19.4. The molecule has 1 aliphatic rings. The number of fused-ring (bicyclic) bond motifs is 2. The summed E-state index contributed by atoms with van der Waals surface area (Å²) in [4.78, 5) is 4.63. The van der Waals surface area contributed by atoms with Gasteiger partial charge in [-0.05, 0) is 35.9 Å². The van der Waals surface area contributed by atoms with Crippen LogP contribution in [0.25, 0.3) is 33.2 Å². The van der Waals surface area contributed by atoms with Crippen LogP contribution >= 0.6 is 0 Å². The molecule has 0 bridgehead atoms. The number of hydrogen-bond donors (Lipinski definition) is 0. The minimum Gasteiger partial charge on any atom is -0.450 e. The zero-order valence-corrected chi connectivity index (χ0v) is 16.7. The average Bonchev–Trinajstić information content (AvgIpc) is 2.70. The summed E-state index contributed by atoms with van der Waals surface area (Å²) < 4.78 is 8.55. The molecule has 0 fully saturated rings. The molecule has 0 atom stereocenters. The van der Waals surface area contributed by atoms with Gasteiger partial charge in [-0.1, -0.05) is 44.2 Å². The fraction of sp³-hybridized carbons (Fsp3) is 0.200. The number of rotatable bonds is 2. The maximum absolute atomic E-state index is 6.37. The molecular formula is C25H23N2O+. The minimum absolute atomic E-state index is 0.428. The number of ether oxygens (including phenoxy) is 1. The molecule has 0 radical (unpaired) electrons. The summed E-state index contributed by atoms with van der Waals surface area (Å²) in [7, 11) is 2.09. The second-order valence-electron chi connectivity index (χ2n) is 7.89. The molecular weight excluding hydrogens is 344 g/mol. The summed E-state index contributed by atoms with van der Waals surface area (Å²) in [5, 5.41) is 2.41. The first kappa shape index (κ1) is 16.9. The predicted octanol–water partition coefficient (Wildman–Crippen LogP) is 5.93. The van der Waals surface area contributed by atoms with E-state index in [1.807, 2.05) is 6.20 Å². The molecule has 0 unspecified atom stereocenters. The summed E-state index contributed by atoms with van der Waals surface area (Å²) in [6.45, 7) is 6.49. The highest BCUT2D eigenvalue weighted by Gasteiger charge is 2.29. The van der Waals surface area contributed by atoms with E-state index >= 15 is 0 Å². The fourth-order valence-corrected chi connectivity index (χ4v) is 4.11. The van der Waals surface area contributed by atoms with Gasteiger partial charge in [0, 0.05) is 28.9 Å². The largest absolute Gasteiger partial charge is 0.450 e. The van der Waals surface area contributed by atoms with Gasteiger partial charge in [-0.3, -0.25) is 4.98 Å². The van der Waals surface area contributed by atoms with Crippen molar-refractivity contribution >= 4 is 10.8 Å². The molecule has 28 heavy (non-hydrogen) atoms. The molecule has 3 heterocycles. The molecule has 2 aromatic carbocycles. The number of hydrogen-bond acceptors (Lipinski definition) is 2.